The van der Waals surface area contributed by atoms with E-state index in [0.717, 1.165) is 12.0 Å². The smallest absolute Gasteiger partial charge is 0.184 e. The quantitative estimate of drug-likeness (QED) is 0.729. The van der Waals surface area contributed by atoms with Crippen LogP contribution < -0.4 is 0 Å². The molecule has 74 valence electrons. The number of benzene rings is 1. The highest BCUT2D eigenvalue weighted by Crippen LogP contribution is 2.28. The summed E-state index contributed by atoms with van der Waals surface area (Å²) in [6.45, 7) is 6.11. The Balaban J connectivity index is 1.96. The fraction of sp³-hybridized carbons (Fsp3) is 0.417. The maximum Gasteiger partial charge on any atom is 0.184 e. The van der Waals surface area contributed by atoms with Gasteiger partial charge in [0, 0.05) is 5.56 Å². The monoisotopic (exact) mass is 190 g/mol. The summed E-state index contributed by atoms with van der Waals surface area (Å²) in [6, 6.07) is 9.97. The van der Waals surface area contributed by atoms with Gasteiger partial charge in [-0.3, -0.25) is 0 Å². The Morgan fingerprint density at radius 3 is 2.79 bits per heavy atom. The van der Waals surface area contributed by atoms with Crippen LogP contribution in [0.5, 0.6) is 0 Å². The molecule has 0 saturated carbocycles. The third kappa shape index (κ3) is 2.14. The van der Waals surface area contributed by atoms with Gasteiger partial charge >= 0.3 is 0 Å². The lowest BCUT2D eigenvalue weighted by molar-refractivity contribution is -0.0609. The van der Waals surface area contributed by atoms with Crippen LogP contribution in [0, 0.1) is 6.92 Å². The van der Waals surface area contributed by atoms with Crippen LogP contribution >= 0.6 is 0 Å². The molecule has 1 aliphatic rings. The van der Waals surface area contributed by atoms with E-state index < -0.39 is 0 Å². The second-order valence-corrected chi connectivity index (χ2v) is 3.41. The standard InChI is InChI=1S/C12H14O2/c1-2-6-11-9-13-12(14-11)10-7-4-3-5-8-10/h1,3-5,7-8,11-12H,2,6,9H2. The van der Waals surface area contributed by atoms with Gasteiger partial charge in [-0.15, -0.1) is 0 Å². The van der Waals surface area contributed by atoms with Crippen molar-refractivity contribution in [3.8, 4) is 0 Å². The van der Waals surface area contributed by atoms with Crippen molar-refractivity contribution in [3.63, 3.8) is 0 Å². The van der Waals surface area contributed by atoms with E-state index in [9.17, 15) is 0 Å². The van der Waals surface area contributed by atoms with E-state index in [2.05, 4.69) is 0 Å². The molecule has 1 aromatic carbocycles. The molecule has 0 aromatic heterocycles. The van der Waals surface area contributed by atoms with Crippen molar-refractivity contribution < 1.29 is 9.47 Å². The zero-order valence-corrected chi connectivity index (χ0v) is 8.06. The molecule has 2 heteroatoms. The van der Waals surface area contributed by atoms with Crippen molar-refractivity contribution in [3.05, 3.63) is 42.8 Å². The van der Waals surface area contributed by atoms with Gasteiger partial charge in [0.2, 0.25) is 0 Å². The summed E-state index contributed by atoms with van der Waals surface area (Å²) in [4.78, 5) is 0. The van der Waals surface area contributed by atoms with E-state index in [-0.39, 0.29) is 12.4 Å². The minimum atomic E-state index is -0.201. The zero-order valence-electron chi connectivity index (χ0n) is 8.06. The molecule has 1 saturated heterocycles. The van der Waals surface area contributed by atoms with Gasteiger partial charge in [0.05, 0.1) is 12.7 Å². The highest BCUT2D eigenvalue weighted by molar-refractivity contribution is 5.16. The Labute approximate surface area is 84.8 Å². The molecule has 0 amide bonds. The van der Waals surface area contributed by atoms with Gasteiger partial charge in [-0.05, 0) is 19.8 Å². The average molecular weight is 190 g/mol. The molecule has 2 nitrogen and oxygen atoms in total. The van der Waals surface area contributed by atoms with Gasteiger partial charge in [-0.25, -0.2) is 0 Å². The number of ether oxygens (including phenoxy) is 2. The first kappa shape index (κ1) is 9.69. The number of hydrogen-bond donors (Lipinski definition) is 0. The lowest BCUT2D eigenvalue weighted by Crippen LogP contribution is -2.08. The van der Waals surface area contributed by atoms with Crippen molar-refractivity contribution in [2.45, 2.75) is 25.2 Å². The molecule has 1 aromatic rings. The predicted octanol–water partition coefficient (Wildman–Crippen LogP) is 2.59. The summed E-state index contributed by atoms with van der Waals surface area (Å²) < 4.78 is 11.2. The Hall–Kier alpha value is -0.860. The van der Waals surface area contributed by atoms with Gasteiger partial charge in [-0.2, -0.15) is 0 Å². The first-order chi connectivity index (χ1) is 6.90. The summed E-state index contributed by atoms with van der Waals surface area (Å²) in [5.74, 6) is 0. The molecule has 1 heterocycles. The Morgan fingerprint density at radius 2 is 2.07 bits per heavy atom. The molecule has 0 spiro atoms. The van der Waals surface area contributed by atoms with Crippen LogP contribution in [0.2, 0.25) is 0 Å². The minimum absolute atomic E-state index is 0.158. The molecule has 0 aliphatic carbocycles. The zero-order chi connectivity index (χ0) is 9.80. The fourth-order valence-corrected chi connectivity index (χ4v) is 1.57. The second kappa shape index (κ2) is 4.58. The molecule has 14 heavy (non-hydrogen) atoms. The largest absolute Gasteiger partial charge is 0.346 e. The van der Waals surface area contributed by atoms with E-state index >= 15 is 0 Å². The van der Waals surface area contributed by atoms with Crippen molar-refractivity contribution in [1.29, 1.82) is 0 Å². The van der Waals surface area contributed by atoms with E-state index in [0.29, 0.717) is 13.0 Å². The van der Waals surface area contributed by atoms with Gasteiger partial charge in [0.15, 0.2) is 6.29 Å². The van der Waals surface area contributed by atoms with E-state index in [1.165, 1.54) is 0 Å². The number of rotatable bonds is 3. The maximum atomic E-state index is 5.69. The van der Waals surface area contributed by atoms with E-state index in [1.807, 2.05) is 30.3 Å². The van der Waals surface area contributed by atoms with Gasteiger partial charge < -0.3 is 9.47 Å². The highest BCUT2D eigenvalue weighted by atomic mass is 16.7. The normalized spacial score (nSPS) is 26.6. The predicted molar refractivity (Wildman–Crippen MR) is 53.5 cm³/mol. The SMILES string of the molecule is [CH]CCC1COC(c2ccccc2)O1. The Kier molecular flexibility index (Phi) is 3.17. The third-order valence-corrected chi connectivity index (χ3v) is 2.31. The molecular weight excluding hydrogens is 176 g/mol. The summed E-state index contributed by atoms with van der Waals surface area (Å²) >= 11 is 0. The van der Waals surface area contributed by atoms with Gasteiger partial charge in [0.1, 0.15) is 0 Å². The van der Waals surface area contributed by atoms with E-state index in [1.54, 1.807) is 0 Å². The summed E-state index contributed by atoms with van der Waals surface area (Å²) in [6.07, 6.45) is 1.47. The van der Waals surface area contributed by atoms with Crippen molar-refractivity contribution in [2.75, 3.05) is 6.61 Å². The molecule has 1 aliphatic heterocycles. The second-order valence-electron chi connectivity index (χ2n) is 3.41. The van der Waals surface area contributed by atoms with Crippen LogP contribution in [-0.4, -0.2) is 12.7 Å². The van der Waals surface area contributed by atoms with Crippen LogP contribution in [0.3, 0.4) is 0 Å². The van der Waals surface area contributed by atoms with Crippen LogP contribution in [0.4, 0.5) is 0 Å². The van der Waals surface area contributed by atoms with Gasteiger partial charge in [-0.1, -0.05) is 30.3 Å². The lowest BCUT2D eigenvalue weighted by atomic mass is 10.2. The molecule has 0 N–H and O–H groups in total. The van der Waals surface area contributed by atoms with Crippen molar-refractivity contribution in [2.24, 2.45) is 0 Å². The first-order valence-corrected chi connectivity index (χ1v) is 4.92. The average Bonchev–Trinajstić information content (AvgIpc) is 2.68. The topological polar surface area (TPSA) is 18.5 Å². The minimum Gasteiger partial charge on any atom is -0.346 e. The molecule has 2 radical (unpaired) electrons. The lowest BCUT2D eigenvalue weighted by Gasteiger charge is -2.10. The summed E-state index contributed by atoms with van der Waals surface area (Å²) in [7, 11) is 0. The first-order valence-electron chi connectivity index (χ1n) is 4.92. The Morgan fingerprint density at radius 1 is 1.29 bits per heavy atom. The van der Waals surface area contributed by atoms with Gasteiger partial charge in [0.25, 0.3) is 0 Å². The molecule has 2 atom stereocenters. The molecule has 2 unspecified atom stereocenters. The molecular formula is C12H14O2. The summed E-state index contributed by atoms with van der Waals surface area (Å²) in [5, 5.41) is 0. The van der Waals surface area contributed by atoms with E-state index in [4.69, 9.17) is 16.4 Å². The summed E-state index contributed by atoms with van der Waals surface area (Å²) in [5.41, 5.74) is 1.08. The van der Waals surface area contributed by atoms with Crippen LogP contribution in [0.15, 0.2) is 30.3 Å². The van der Waals surface area contributed by atoms with Crippen molar-refractivity contribution >= 4 is 0 Å². The molecule has 0 bridgehead atoms. The maximum absolute atomic E-state index is 5.69. The van der Waals surface area contributed by atoms with Crippen LogP contribution in [0.1, 0.15) is 24.7 Å². The van der Waals surface area contributed by atoms with Crippen LogP contribution in [0.25, 0.3) is 0 Å². The van der Waals surface area contributed by atoms with Crippen LogP contribution in [-0.2, 0) is 9.47 Å². The highest BCUT2D eigenvalue weighted by Gasteiger charge is 2.26. The Bertz CT molecular complexity index is 271. The third-order valence-electron chi connectivity index (χ3n) is 2.31. The molecule has 2 rings (SSSR count). The fourth-order valence-electron chi connectivity index (χ4n) is 1.57. The van der Waals surface area contributed by atoms with Crippen molar-refractivity contribution in [1.82, 2.24) is 0 Å². The molecule has 1 fully saturated rings. The number of hydrogen-bond acceptors (Lipinski definition) is 2.